The van der Waals surface area contributed by atoms with Crippen LogP contribution in [-0.2, 0) is 0 Å². The second-order valence-corrected chi connectivity index (χ2v) is 5.25. The number of hydrogen-bond donors (Lipinski definition) is 2. The number of nitrogens with zero attached hydrogens (tertiary/aromatic N) is 1. The summed E-state index contributed by atoms with van der Waals surface area (Å²) in [5.41, 5.74) is 6.11. The quantitative estimate of drug-likeness (QED) is 0.720. The highest BCUT2D eigenvalue weighted by molar-refractivity contribution is 4.92. The van der Waals surface area contributed by atoms with Crippen LogP contribution < -0.4 is 5.73 Å². The van der Waals surface area contributed by atoms with E-state index in [9.17, 15) is 5.11 Å². The largest absolute Gasteiger partial charge is 0.391 e. The monoisotopic (exact) mass is 212 g/mol. The Labute approximate surface area is 92.6 Å². The number of likely N-dealkylation sites (N-methyl/N-ethyl adjacent to an activating group) is 1. The van der Waals surface area contributed by atoms with Crippen molar-refractivity contribution in [3.8, 4) is 0 Å². The van der Waals surface area contributed by atoms with Crippen LogP contribution in [0.25, 0.3) is 0 Å². The fourth-order valence-electron chi connectivity index (χ4n) is 3.29. The normalized spacial score (nSPS) is 42.4. The molecule has 2 aliphatic carbocycles. The first-order valence-electron chi connectivity index (χ1n) is 6.35. The van der Waals surface area contributed by atoms with Crippen molar-refractivity contribution in [2.45, 2.75) is 69.2 Å². The summed E-state index contributed by atoms with van der Waals surface area (Å²) >= 11 is 0. The fraction of sp³-hybridized carbons (Fsp3) is 1.00. The van der Waals surface area contributed by atoms with Gasteiger partial charge < -0.3 is 10.8 Å². The van der Waals surface area contributed by atoms with Crippen LogP contribution >= 0.6 is 0 Å². The van der Waals surface area contributed by atoms with E-state index in [1.165, 1.54) is 25.7 Å². The van der Waals surface area contributed by atoms with Gasteiger partial charge in [0, 0.05) is 18.1 Å². The van der Waals surface area contributed by atoms with Crippen LogP contribution in [0.4, 0.5) is 0 Å². The van der Waals surface area contributed by atoms with E-state index >= 15 is 0 Å². The molecule has 0 amide bonds. The third kappa shape index (κ3) is 2.35. The molecule has 0 heterocycles. The van der Waals surface area contributed by atoms with Gasteiger partial charge in [-0.1, -0.05) is 19.3 Å². The zero-order valence-corrected chi connectivity index (χ0v) is 9.73. The minimum Gasteiger partial charge on any atom is -0.391 e. The molecule has 0 aromatic rings. The maximum absolute atomic E-state index is 10.0. The number of aliphatic hydroxyl groups is 1. The van der Waals surface area contributed by atoms with Crippen LogP contribution in [0.1, 0.15) is 44.9 Å². The zero-order valence-electron chi connectivity index (χ0n) is 9.73. The first kappa shape index (κ1) is 11.4. The van der Waals surface area contributed by atoms with Gasteiger partial charge >= 0.3 is 0 Å². The van der Waals surface area contributed by atoms with Gasteiger partial charge in [-0.3, -0.25) is 4.90 Å². The van der Waals surface area contributed by atoms with Gasteiger partial charge in [-0.2, -0.15) is 0 Å². The van der Waals surface area contributed by atoms with Crippen molar-refractivity contribution in [1.29, 1.82) is 0 Å². The maximum atomic E-state index is 10.0. The van der Waals surface area contributed by atoms with Crippen molar-refractivity contribution in [3.63, 3.8) is 0 Å². The molecule has 3 nitrogen and oxygen atoms in total. The summed E-state index contributed by atoms with van der Waals surface area (Å²) in [6.07, 6.45) is 8.03. The topological polar surface area (TPSA) is 49.5 Å². The molecule has 4 atom stereocenters. The molecular formula is C12H24N2O. The van der Waals surface area contributed by atoms with Gasteiger partial charge in [-0.15, -0.1) is 0 Å². The lowest BCUT2D eigenvalue weighted by Gasteiger charge is -2.40. The molecule has 2 aliphatic rings. The molecule has 0 saturated heterocycles. The summed E-state index contributed by atoms with van der Waals surface area (Å²) in [6.45, 7) is 0. The Morgan fingerprint density at radius 2 is 1.67 bits per heavy atom. The fourth-order valence-corrected chi connectivity index (χ4v) is 3.29. The van der Waals surface area contributed by atoms with Gasteiger partial charge in [0.05, 0.1) is 6.10 Å². The second kappa shape index (κ2) is 4.81. The average Bonchev–Trinajstić information content (AvgIpc) is 2.64. The van der Waals surface area contributed by atoms with Crippen LogP contribution in [0.15, 0.2) is 0 Å². The standard InChI is InChI=1S/C12H24N2O/c1-14(10-7-4-5-9(10)13)11-6-2-3-8-12(11)15/h9-12,15H,2-8,13H2,1H3. The number of rotatable bonds is 2. The van der Waals surface area contributed by atoms with E-state index in [1.54, 1.807) is 0 Å². The van der Waals surface area contributed by atoms with Crippen LogP contribution in [-0.4, -0.2) is 41.3 Å². The molecule has 0 aromatic carbocycles. The van der Waals surface area contributed by atoms with Gasteiger partial charge in [-0.25, -0.2) is 0 Å². The van der Waals surface area contributed by atoms with E-state index in [-0.39, 0.29) is 6.10 Å². The van der Waals surface area contributed by atoms with Crippen molar-refractivity contribution in [2.75, 3.05) is 7.05 Å². The zero-order chi connectivity index (χ0) is 10.8. The highest BCUT2D eigenvalue weighted by Gasteiger charge is 2.35. The number of hydrogen-bond acceptors (Lipinski definition) is 3. The number of aliphatic hydroxyl groups excluding tert-OH is 1. The summed E-state index contributed by atoms with van der Waals surface area (Å²) in [5, 5.41) is 10.0. The van der Waals surface area contributed by atoms with Crippen molar-refractivity contribution < 1.29 is 5.11 Å². The van der Waals surface area contributed by atoms with Gasteiger partial charge in [0.15, 0.2) is 0 Å². The molecular weight excluding hydrogens is 188 g/mol. The first-order chi connectivity index (χ1) is 7.20. The van der Waals surface area contributed by atoms with Crippen molar-refractivity contribution >= 4 is 0 Å². The van der Waals surface area contributed by atoms with Gasteiger partial charge in [0.25, 0.3) is 0 Å². The first-order valence-corrected chi connectivity index (χ1v) is 6.35. The summed E-state index contributed by atoms with van der Waals surface area (Å²) < 4.78 is 0. The molecule has 15 heavy (non-hydrogen) atoms. The van der Waals surface area contributed by atoms with Crippen LogP contribution in [0.2, 0.25) is 0 Å². The van der Waals surface area contributed by atoms with E-state index in [0.717, 1.165) is 19.3 Å². The molecule has 4 unspecified atom stereocenters. The summed E-state index contributed by atoms with van der Waals surface area (Å²) in [5.74, 6) is 0. The summed E-state index contributed by atoms with van der Waals surface area (Å²) in [4.78, 5) is 2.36. The molecule has 88 valence electrons. The predicted octanol–water partition coefficient (Wildman–Crippen LogP) is 1.10. The Kier molecular flexibility index (Phi) is 3.65. The molecule has 2 rings (SSSR count). The van der Waals surface area contributed by atoms with Gasteiger partial charge in [0.2, 0.25) is 0 Å². The van der Waals surface area contributed by atoms with Crippen LogP contribution in [0, 0.1) is 0 Å². The van der Waals surface area contributed by atoms with E-state index in [0.29, 0.717) is 18.1 Å². The minimum atomic E-state index is -0.128. The number of nitrogens with two attached hydrogens (primary N) is 1. The molecule has 0 spiro atoms. The van der Waals surface area contributed by atoms with E-state index in [1.807, 2.05) is 0 Å². The van der Waals surface area contributed by atoms with Crippen molar-refractivity contribution in [2.24, 2.45) is 5.73 Å². The third-order valence-corrected chi connectivity index (χ3v) is 4.27. The van der Waals surface area contributed by atoms with Gasteiger partial charge in [-0.05, 0) is 32.7 Å². The van der Waals surface area contributed by atoms with E-state index in [2.05, 4.69) is 11.9 Å². The van der Waals surface area contributed by atoms with Crippen LogP contribution in [0.3, 0.4) is 0 Å². The lowest BCUT2D eigenvalue weighted by atomic mass is 9.90. The molecule has 0 aromatic heterocycles. The molecule has 0 radical (unpaired) electrons. The Balaban J connectivity index is 1.96. The highest BCUT2D eigenvalue weighted by Crippen LogP contribution is 2.29. The van der Waals surface area contributed by atoms with Crippen molar-refractivity contribution in [3.05, 3.63) is 0 Å². The lowest BCUT2D eigenvalue weighted by molar-refractivity contribution is 0.0111. The molecule has 3 N–H and O–H groups in total. The molecule has 0 aliphatic heterocycles. The van der Waals surface area contributed by atoms with Crippen LogP contribution in [0.5, 0.6) is 0 Å². The Morgan fingerprint density at radius 3 is 2.27 bits per heavy atom. The predicted molar refractivity (Wildman–Crippen MR) is 61.6 cm³/mol. The SMILES string of the molecule is CN(C1CCCC1N)C1CCCCC1O. The third-order valence-electron chi connectivity index (χ3n) is 4.27. The Hall–Kier alpha value is -0.120. The molecule has 2 saturated carbocycles. The van der Waals surface area contributed by atoms with E-state index < -0.39 is 0 Å². The molecule has 3 heteroatoms. The van der Waals surface area contributed by atoms with E-state index in [4.69, 9.17) is 5.73 Å². The smallest absolute Gasteiger partial charge is 0.0695 e. The highest BCUT2D eigenvalue weighted by atomic mass is 16.3. The lowest BCUT2D eigenvalue weighted by Crippen LogP contribution is -2.52. The summed E-state index contributed by atoms with van der Waals surface area (Å²) in [7, 11) is 2.15. The second-order valence-electron chi connectivity index (χ2n) is 5.25. The Bertz CT molecular complexity index is 210. The Morgan fingerprint density at radius 1 is 1.00 bits per heavy atom. The van der Waals surface area contributed by atoms with Gasteiger partial charge in [0.1, 0.15) is 0 Å². The average molecular weight is 212 g/mol. The summed E-state index contributed by atoms with van der Waals surface area (Å²) in [6, 6.07) is 1.18. The molecule has 2 fully saturated rings. The van der Waals surface area contributed by atoms with Crippen molar-refractivity contribution in [1.82, 2.24) is 4.90 Å². The minimum absolute atomic E-state index is 0.128. The maximum Gasteiger partial charge on any atom is 0.0695 e. The molecule has 0 bridgehead atoms.